The summed E-state index contributed by atoms with van der Waals surface area (Å²) in [5.41, 5.74) is 1.44. The van der Waals surface area contributed by atoms with Crippen LogP contribution in [-0.2, 0) is 15.0 Å². The molecule has 4 amide bonds. The molecule has 7 rings (SSSR count). The van der Waals surface area contributed by atoms with Gasteiger partial charge >= 0.3 is 6.03 Å². The Kier molecular flexibility index (Phi) is 8.25. The number of urea groups is 1. The first-order chi connectivity index (χ1) is 22.3. The molecular formula is C36H36Cl2N4O4. The Labute approximate surface area is 279 Å². The molecule has 5 aliphatic rings. The largest absolute Gasteiger partial charge is 0.490 e. The highest BCUT2D eigenvalue weighted by molar-refractivity contribution is 6.31. The third-order valence-electron chi connectivity index (χ3n) is 10.3. The zero-order valence-electron chi connectivity index (χ0n) is 25.4. The number of rotatable bonds is 4. The average molecular weight is 660 g/mol. The zero-order chi connectivity index (χ0) is 32.0. The van der Waals surface area contributed by atoms with Gasteiger partial charge in [0.25, 0.3) is 0 Å². The summed E-state index contributed by atoms with van der Waals surface area (Å²) in [6, 6.07) is 10.2. The summed E-state index contributed by atoms with van der Waals surface area (Å²) in [5.74, 6) is 2.30. The van der Waals surface area contributed by atoms with Crippen LogP contribution in [0.4, 0.5) is 10.5 Å². The number of anilines is 1. The number of hydrogen-bond donors (Lipinski definition) is 2. The Balaban J connectivity index is 1.27. The van der Waals surface area contributed by atoms with Gasteiger partial charge < -0.3 is 25.2 Å². The van der Waals surface area contributed by atoms with Crippen molar-refractivity contribution in [2.45, 2.75) is 56.1 Å². The van der Waals surface area contributed by atoms with E-state index in [-0.39, 0.29) is 36.3 Å². The van der Waals surface area contributed by atoms with Crippen molar-refractivity contribution in [1.29, 1.82) is 0 Å². The number of ether oxygens (including phenoxy) is 1. The van der Waals surface area contributed by atoms with Gasteiger partial charge in [0.15, 0.2) is 0 Å². The van der Waals surface area contributed by atoms with Crippen LogP contribution in [-0.4, -0.2) is 59.9 Å². The number of hydrogen-bond acceptors (Lipinski definition) is 4. The smallest absolute Gasteiger partial charge is 0.320 e. The topological polar surface area (TPSA) is 91.0 Å². The summed E-state index contributed by atoms with van der Waals surface area (Å²) >= 11 is 12.9. The van der Waals surface area contributed by atoms with Gasteiger partial charge in [-0.25, -0.2) is 4.79 Å². The van der Waals surface area contributed by atoms with Crippen molar-refractivity contribution in [1.82, 2.24) is 15.1 Å². The van der Waals surface area contributed by atoms with Gasteiger partial charge in [0, 0.05) is 72.3 Å². The van der Waals surface area contributed by atoms with Crippen LogP contribution in [0.5, 0.6) is 5.75 Å². The molecule has 2 N–H and O–H groups in total. The van der Waals surface area contributed by atoms with Crippen molar-refractivity contribution < 1.29 is 19.1 Å². The van der Waals surface area contributed by atoms with Crippen LogP contribution in [0, 0.1) is 24.2 Å². The highest BCUT2D eigenvalue weighted by atomic mass is 35.5. The molecule has 238 valence electrons. The number of benzene rings is 2. The van der Waals surface area contributed by atoms with E-state index < -0.39 is 17.4 Å². The maximum absolute atomic E-state index is 14.5. The van der Waals surface area contributed by atoms with E-state index in [4.69, 9.17) is 34.4 Å². The predicted octanol–water partition coefficient (Wildman–Crippen LogP) is 6.15. The lowest BCUT2D eigenvalue weighted by atomic mass is 9.57. The Morgan fingerprint density at radius 2 is 1.76 bits per heavy atom. The van der Waals surface area contributed by atoms with Gasteiger partial charge in [-0.15, -0.1) is 6.42 Å². The minimum Gasteiger partial charge on any atom is -0.490 e. The van der Waals surface area contributed by atoms with Crippen LogP contribution in [0.2, 0.25) is 5.02 Å². The average Bonchev–Trinajstić information content (AvgIpc) is 3.69. The van der Waals surface area contributed by atoms with Crippen molar-refractivity contribution in [2.75, 3.05) is 31.5 Å². The Morgan fingerprint density at radius 1 is 1.00 bits per heavy atom. The highest BCUT2D eigenvalue weighted by Gasteiger charge is 2.62. The van der Waals surface area contributed by atoms with Crippen LogP contribution >= 0.6 is 23.2 Å². The maximum atomic E-state index is 14.5. The van der Waals surface area contributed by atoms with Crippen molar-refractivity contribution in [3.63, 3.8) is 0 Å². The van der Waals surface area contributed by atoms with Gasteiger partial charge in [0.2, 0.25) is 11.8 Å². The molecule has 0 bridgehead atoms. The standard InChI is InChI=1S/C36H36Cl2N4O4/c1-2-22-8-11-31(46-26-12-16-42(17-13-26)35(45)41-14-3-4-15-41)27(18-22)33-36(28-10-9-25(38)20-30(28)39-34(36)44)29(21-32(43)40-33)23-6-5-7-24(37)19-23/h1,5-11,18,20,23,26,29,33H,3-4,12-17,19,21H2,(H,39,44)(H,40,43)/t23?,29-,33+,36-/m0/s1. The molecule has 3 fully saturated rings. The zero-order valence-corrected chi connectivity index (χ0v) is 26.9. The Bertz CT molecular complexity index is 1680. The van der Waals surface area contributed by atoms with Gasteiger partial charge in [-0.2, -0.15) is 0 Å². The molecule has 0 aromatic heterocycles. The second kappa shape index (κ2) is 12.4. The second-order valence-electron chi connectivity index (χ2n) is 12.9. The van der Waals surface area contributed by atoms with Crippen molar-refractivity contribution in [3.05, 3.63) is 81.4 Å². The second-order valence-corrected chi connectivity index (χ2v) is 13.8. The number of allylic oxidation sites excluding steroid dienone is 4. The minimum atomic E-state index is -1.20. The maximum Gasteiger partial charge on any atom is 0.320 e. The van der Waals surface area contributed by atoms with Crippen molar-refractivity contribution >= 4 is 46.7 Å². The summed E-state index contributed by atoms with van der Waals surface area (Å²) in [6.45, 7) is 2.83. The molecule has 4 heterocycles. The summed E-state index contributed by atoms with van der Waals surface area (Å²) in [6.07, 6.45) is 15.6. The SMILES string of the molecule is C#Cc1ccc(OC2CCN(C(=O)N3CCCC3)CC2)c([C@H]2NC(=O)C[C@@H](C3C=CC=C(Cl)C3)[C@]23C(=O)Nc2cc(Cl)ccc23)c1. The molecule has 10 heteroatoms. The number of carbonyl (C=O) groups excluding carboxylic acids is 3. The third-order valence-corrected chi connectivity index (χ3v) is 10.8. The first-order valence-electron chi connectivity index (χ1n) is 16.0. The number of piperidine rings is 2. The molecule has 2 aromatic rings. The monoisotopic (exact) mass is 658 g/mol. The molecule has 4 atom stereocenters. The quantitative estimate of drug-likeness (QED) is 0.386. The number of nitrogens with zero attached hydrogens (tertiary/aromatic N) is 2. The van der Waals surface area contributed by atoms with Crippen LogP contribution in [0.25, 0.3) is 0 Å². The lowest BCUT2D eigenvalue weighted by Gasteiger charge is -2.49. The van der Waals surface area contributed by atoms with Crippen molar-refractivity contribution in [3.8, 4) is 18.1 Å². The number of amides is 4. The van der Waals surface area contributed by atoms with Gasteiger partial charge in [-0.1, -0.05) is 47.3 Å². The van der Waals surface area contributed by atoms with Gasteiger partial charge in [-0.05, 0) is 73.1 Å². The number of terminal acetylenes is 1. The predicted molar refractivity (Wildman–Crippen MR) is 178 cm³/mol. The molecule has 3 saturated heterocycles. The molecule has 4 aliphatic heterocycles. The highest BCUT2D eigenvalue weighted by Crippen LogP contribution is 2.58. The summed E-state index contributed by atoms with van der Waals surface area (Å²) < 4.78 is 6.70. The molecule has 8 nitrogen and oxygen atoms in total. The fourth-order valence-corrected chi connectivity index (χ4v) is 8.49. The van der Waals surface area contributed by atoms with E-state index >= 15 is 0 Å². The van der Waals surface area contributed by atoms with Crippen LogP contribution in [0.1, 0.15) is 61.3 Å². The van der Waals surface area contributed by atoms with Gasteiger partial charge in [0.1, 0.15) is 17.3 Å². The molecule has 0 radical (unpaired) electrons. The molecule has 2 aromatic carbocycles. The number of nitrogens with one attached hydrogen (secondary N) is 2. The lowest BCUT2D eigenvalue weighted by molar-refractivity contribution is -0.135. The van der Waals surface area contributed by atoms with E-state index in [9.17, 15) is 14.4 Å². The first kappa shape index (κ1) is 30.7. The molecule has 46 heavy (non-hydrogen) atoms. The first-order valence-corrected chi connectivity index (χ1v) is 16.8. The normalized spacial score (nSPS) is 27.6. The summed E-state index contributed by atoms with van der Waals surface area (Å²) in [5, 5.41) is 7.47. The van der Waals surface area contributed by atoms with Crippen LogP contribution in [0.15, 0.2) is 59.7 Å². The van der Waals surface area contributed by atoms with E-state index in [2.05, 4.69) is 16.6 Å². The van der Waals surface area contributed by atoms with E-state index in [0.29, 0.717) is 65.0 Å². The number of halogens is 2. The number of carbonyl (C=O) groups is 3. The molecule has 0 saturated carbocycles. The van der Waals surface area contributed by atoms with E-state index in [1.165, 1.54) is 0 Å². The fourth-order valence-electron chi connectivity index (χ4n) is 8.07. The lowest BCUT2D eigenvalue weighted by Crippen LogP contribution is -2.59. The third kappa shape index (κ3) is 5.34. The number of fused-ring (bicyclic) bond motifs is 2. The van der Waals surface area contributed by atoms with Crippen molar-refractivity contribution in [2.24, 2.45) is 11.8 Å². The van der Waals surface area contributed by atoms with Crippen LogP contribution in [0.3, 0.4) is 0 Å². The molecule has 1 aliphatic carbocycles. The van der Waals surface area contributed by atoms with Gasteiger partial charge in [-0.3, -0.25) is 9.59 Å². The minimum absolute atomic E-state index is 0.102. The van der Waals surface area contributed by atoms with Gasteiger partial charge in [0.05, 0.1) is 6.04 Å². The van der Waals surface area contributed by atoms with E-state index in [0.717, 1.165) is 31.5 Å². The van der Waals surface area contributed by atoms with Crippen LogP contribution < -0.4 is 15.4 Å². The summed E-state index contributed by atoms with van der Waals surface area (Å²) in [7, 11) is 0. The summed E-state index contributed by atoms with van der Waals surface area (Å²) in [4.78, 5) is 44.9. The molecule has 1 unspecified atom stereocenters. The fraction of sp³-hybridized carbons (Fsp3) is 0.417. The van der Waals surface area contributed by atoms with E-state index in [1.54, 1.807) is 12.1 Å². The number of likely N-dealkylation sites (tertiary alicyclic amines) is 2. The Hall–Kier alpha value is -3.93. The Morgan fingerprint density at radius 3 is 2.50 bits per heavy atom. The molecule has 1 spiro atoms. The van der Waals surface area contributed by atoms with E-state index in [1.807, 2.05) is 52.3 Å². The molecular weight excluding hydrogens is 623 g/mol.